The molecule has 1 aromatic carbocycles. The van der Waals surface area contributed by atoms with Crippen molar-refractivity contribution in [1.82, 2.24) is 9.80 Å². The van der Waals surface area contributed by atoms with Crippen molar-refractivity contribution < 1.29 is 14.4 Å². The van der Waals surface area contributed by atoms with Gasteiger partial charge in [0.25, 0.3) is 0 Å². The van der Waals surface area contributed by atoms with Gasteiger partial charge in [0.2, 0.25) is 11.8 Å². The number of aryl methyl sites for hydroxylation is 2. The molecule has 0 bridgehead atoms. The van der Waals surface area contributed by atoms with Crippen molar-refractivity contribution in [2.45, 2.75) is 45.4 Å². The smallest absolute Gasteiger partial charge is 0.223 e. The highest BCUT2D eigenvalue weighted by Gasteiger charge is 2.23. The zero-order chi connectivity index (χ0) is 17.8. The number of rotatable bonds is 4. The third kappa shape index (κ3) is 4.27. The Morgan fingerprint density at radius 1 is 0.880 bits per heavy atom. The third-order valence-corrected chi connectivity index (χ3v) is 5.31. The molecule has 2 aliphatic rings. The van der Waals surface area contributed by atoms with Crippen LogP contribution >= 0.6 is 0 Å². The molecule has 1 heterocycles. The summed E-state index contributed by atoms with van der Waals surface area (Å²) in [7, 11) is 0. The number of carbonyl (C=O) groups is 3. The van der Waals surface area contributed by atoms with Crippen molar-refractivity contribution in [3.05, 3.63) is 34.9 Å². The molecule has 1 aliphatic heterocycles. The van der Waals surface area contributed by atoms with Crippen LogP contribution in [0.3, 0.4) is 0 Å². The molecule has 1 aliphatic carbocycles. The van der Waals surface area contributed by atoms with E-state index in [-0.39, 0.29) is 30.4 Å². The molecule has 25 heavy (non-hydrogen) atoms. The molecule has 134 valence electrons. The normalized spacial score (nSPS) is 17.2. The van der Waals surface area contributed by atoms with Crippen molar-refractivity contribution in [3.8, 4) is 0 Å². The summed E-state index contributed by atoms with van der Waals surface area (Å²) < 4.78 is 0. The van der Waals surface area contributed by atoms with Crippen molar-refractivity contribution >= 4 is 17.6 Å². The lowest BCUT2D eigenvalue weighted by molar-refractivity contribution is -0.138. The maximum atomic E-state index is 12.4. The molecule has 5 heteroatoms. The Hall–Kier alpha value is -2.17. The molecule has 2 amide bonds. The van der Waals surface area contributed by atoms with E-state index >= 15 is 0 Å². The van der Waals surface area contributed by atoms with Crippen LogP contribution in [-0.4, -0.2) is 53.6 Å². The Kier molecular flexibility index (Phi) is 5.51. The molecule has 1 saturated heterocycles. The van der Waals surface area contributed by atoms with E-state index in [0.29, 0.717) is 26.2 Å². The number of amides is 2. The van der Waals surface area contributed by atoms with Gasteiger partial charge in [-0.1, -0.05) is 12.1 Å². The van der Waals surface area contributed by atoms with Gasteiger partial charge in [-0.25, -0.2) is 0 Å². The zero-order valence-electron chi connectivity index (χ0n) is 14.9. The van der Waals surface area contributed by atoms with E-state index in [0.717, 1.165) is 18.4 Å². The Bertz CT molecular complexity index is 676. The van der Waals surface area contributed by atoms with Gasteiger partial charge in [-0.15, -0.1) is 0 Å². The monoisotopic (exact) mass is 342 g/mol. The fourth-order valence-corrected chi connectivity index (χ4v) is 3.70. The quantitative estimate of drug-likeness (QED) is 0.789. The van der Waals surface area contributed by atoms with Gasteiger partial charge in [-0.05, 0) is 42.9 Å². The fourth-order valence-electron chi connectivity index (χ4n) is 3.70. The molecule has 1 fully saturated rings. The Morgan fingerprint density at radius 3 is 2.20 bits per heavy atom. The van der Waals surface area contributed by atoms with Crippen LogP contribution in [0.1, 0.15) is 54.1 Å². The van der Waals surface area contributed by atoms with Crippen molar-refractivity contribution in [2.24, 2.45) is 0 Å². The Morgan fingerprint density at radius 2 is 1.52 bits per heavy atom. The van der Waals surface area contributed by atoms with Gasteiger partial charge in [0, 0.05) is 51.5 Å². The molecular weight excluding hydrogens is 316 g/mol. The predicted octanol–water partition coefficient (Wildman–Crippen LogP) is 2.22. The lowest BCUT2D eigenvalue weighted by Crippen LogP contribution is -2.50. The third-order valence-electron chi connectivity index (χ3n) is 5.31. The molecule has 5 nitrogen and oxygen atoms in total. The van der Waals surface area contributed by atoms with Gasteiger partial charge in [0.05, 0.1) is 0 Å². The summed E-state index contributed by atoms with van der Waals surface area (Å²) in [5.41, 5.74) is 3.39. The number of benzene rings is 1. The molecule has 0 radical (unpaired) electrons. The average molecular weight is 342 g/mol. The number of hydrogen-bond acceptors (Lipinski definition) is 3. The topological polar surface area (TPSA) is 57.7 Å². The largest absolute Gasteiger partial charge is 0.339 e. The highest BCUT2D eigenvalue weighted by atomic mass is 16.2. The molecule has 0 spiro atoms. The van der Waals surface area contributed by atoms with Crippen LogP contribution in [0.2, 0.25) is 0 Å². The van der Waals surface area contributed by atoms with E-state index < -0.39 is 0 Å². The number of hydrogen-bond donors (Lipinski definition) is 0. The molecular formula is C20H26N2O3. The predicted molar refractivity (Wildman–Crippen MR) is 95.5 cm³/mol. The van der Waals surface area contributed by atoms with Gasteiger partial charge >= 0.3 is 0 Å². The zero-order valence-corrected chi connectivity index (χ0v) is 14.9. The van der Waals surface area contributed by atoms with E-state index in [2.05, 4.69) is 6.07 Å². The first-order valence-electron chi connectivity index (χ1n) is 9.23. The minimum atomic E-state index is 0.00881. The fraction of sp³-hybridized carbons (Fsp3) is 0.550. The van der Waals surface area contributed by atoms with Crippen LogP contribution in [0.15, 0.2) is 18.2 Å². The molecule has 0 aromatic heterocycles. The summed E-state index contributed by atoms with van der Waals surface area (Å²) in [5, 5.41) is 0. The molecule has 3 rings (SSSR count). The number of Topliss-reactive ketones (excluding diaryl/α,β-unsaturated/α-hetero) is 1. The van der Waals surface area contributed by atoms with E-state index in [1.54, 1.807) is 16.7 Å². The minimum absolute atomic E-state index is 0.00881. The second-order valence-electron chi connectivity index (χ2n) is 7.00. The summed E-state index contributed by atoms with van der Waals surface area (Å²) in [6.45, 7) is 3.84. The summed E-state index contributed by atoms with van der Waals surface area (Å²) >= 11 is 0. The SMILES string of the molecule is CC(=O)N1CCN(C(=O)CCC(=O)c2ccc3c(c2)CCCC3)CC1. The minimum Gasteiger partial charge on any atom is -0.339 e. The molecule has 0 unspecified atom stereocenters. The number of nitrogens with zero attached hydrogens (tertiary/aromatic N) is 2. The summed E-state index contributed by atoms with van der Waals surface area (Å²) in [4.78, 5) is 39.6. The van der Waals surface area contributed by atoms with E-state index in [1.165, 1.54) is 24.0 Å². The van der Waals surface area contributed by atoms with Gasteiger partial charge in [-0.3, -0.25) is 14.4 Å². The van der Waals surface area contributed by atoms with E-state index in [1.807, 2.05) is 12.1 Å². The van der Waals surface area contributed by atoms with E-state index in [4.69, 9.17) is 0 Å². The summed E-state index contributed by atoms with van der Waals surface area (Å²) in [6, 6.07) is 6.00. The van der Waals surface area contributed by atoms with Crippen LogP contribution in [-0.2, 0) is 22.4 Å². The van der Waals surface area contributed by atoms with E-state index in [9.17, 15) is 14.4 Å². The molecule has 0 saturated carbocycles. The summed E-state index contributed by atoms with van der Waals surface area (Å²) in [5.74, 6) is 0.105. The van der Waals surface area contributed by atoms with Crippen molar-refractivity contribution in [3.63, 3.8) is 0 Å². The standard InChI is InChI=1S/C20H26N2O3/c1-15(23)21-10-12-22(13-11-21)20(25)9-8-19(24)18-7-6-16-4-2-3-5-17(16)14-18/h6-7,14H,2-5,8-13H2,1H3. The first-order chi connectivity index (χ1) is 12.0. The number of carbonyl (C=O) groups excluding carboxylic acids is 3. The molecule has 0 N–H and O–H groups in total. The first kappa shape index (κ1) is 17.6. The first-order valence-corrected chi connectivity index (χ1v) is 9.23. The number of ketones is 1. The second kappa shape index (κ2) is 7.81. The van der Waals surface area contributed by atoms with Gasteiger partial charge in [0.15, 0.2) is 5.78 Å². The van der Waals surface area contributed by atoms with Crippen molar-refractivity contribution in [2.75, 3.05) is 26.2 Å². The average Bonchev–Trinajstić information content (AvgIpc) is 2.65. The van der Waals surface area contributed by atoms with Crippen molar-refractivity contribution in [1.29, 1.82) is 0 Å². The van der Waals surface area contributed by atoms with Crippen LogP contribution in [0.25, 0.3) is 0 Å². The van der Waals surface area contributed by atoms with Gasteiger partial charge in [-0.2, -0.15) is 0 Å². The van der Waals surface area contributed by atoms with Crippen LogP contribution in [0.4, 0.5) is 0 Å². The van der Waals surface area contributed by atoms with Gasteiger partial charge in [0.1, 0.15) is 0 Å². The maximum Gasteiger partial charge on any atom is 0.223 e. The van der Waals surface area contributed by atoms with Crippen LogP contribution < -0.4 is 0 Å². The molecule has 1 aromatic rings. The van der Waals surface area contributed by atoms with Gasteiger partial charge < -0.3 is 9.80 Å². The highest BCUT2D eigenvalue weighted by Crippen LogP contribution is 2.23. The molecule has 0 atom stereocenters. The lowest BCUT2D eigenvalue weighted by atomic mass is 9.89. The Labute approximate surface area is 149 Å². The number of fused-ring (bicyclic) bond motifs is 1. The Balaban J connectivity index is 1.50. The highest BCUT2D eigenvalue weighted by molar-refractivity contribution is 5.98. The lowest BCUT2D eigenvalue weighted by Gasteiger charge is -2.34. The van der Waals surface area contributed by atoms with Crippen LogP contribution in [0.5, 0.6) is 0 Å². The second-order valence-corrected chi connectivity index (χ2v) is 7.00. The number of piperazine rings is 1. The maximum absolute atomic E-state index is 12.4. The van der Waals surface area contributed by atoms with Crippen LogP contribution in [0, 0.1) is 0 Å². The summed E-state index contributed by atoms with van der Waals surface area (Å²) in [6.07, 6.45) is 5.08.